The van der Waals surface area contributed by atoms with Crippen LogP contribution in [0.1, 0.15) is 34.5 Å². The van der Waals surface area contributed by atoms with E-state index in [4.69, 9.17) is 0 Å². The maximum atomic E-state index is 13.2. The molecule has 4 aromatic rings. The zero-order chi connectivity index (χ0) is 22.7. The van der Waals surface area contributed by atoms with Crippen LogP contribution in [0.25, 0.3) is 10.9 Å². The lowest BCUT2D eigenvalue weighted by molar-refractivity contribution is 0.0941. The molecule has 0 aliphatic carbocycles. The highest BCUT2D eigenvalue weighted by atomic mass is 32.2. The van der Waals surface area contributed by atoms with Crippen LogP contribution < -0.4 is 10.0 Å². The van der Waals surface area contributed by atoms with Gasteiger partial charge in [-0.05, 0) is 43.7 Å². The molecule has 0 aliphatic heterocycles. The number of sulfonamides is 1. The van der Waals surface area contributed by atoms with Crippen LogP contribution in [0.5, 0.6) is 0 Å². The van der Waals surface area contributed by atoms with Crippen LogP contribution in [0.4, 0.5) is 5.69 Å². The Kier molecular flexibility index (Phi) is 5.92. The van der Waals surface area contributed by atoms with Crippen LogP contribution in [-0.4, -0.2) is 19.3 Å². The quantitative estimate of drug-likeness (QED) is 0.445. The molecule has 0 unspecified atom stereocenters. The number of amides is 1. The van der Waals surface area contributed by atoms with Crippen molar-refractivity contribution in [2.24, 2.45) is 0 Å². The summed E-state index contributed by atoms with van der Waals surface area (Å²) in [6.45, 7) is 3.89. The number of fused-ring (bicyclic) bond motifs is 1. The molecular weight excluding hydrogens is 422 g/mol. The molecule has 0 radical (unpaired) electrons. The first-order chi connectivity index (χ1) is 15.3. The summed E-state index contributed by atoms with van der Waals surface area (Å²) in [5.74, 6) is -0.368. The Labute approximate surface area is 187 Å². The Hall–Kier alpha value is -3.71. The molecular formula is C25H23N3O3S. The van der Waals surface area contributed by atoms with Gasteiger partial charge < -0.3 is 5.32 Å². The first kappa shape index (κ1) is 21.5. The molecule has 0 fully saturated rings. The second kappa shape index (κ2) is 8.80. The molecule has 4 rings (SSSR count). The van der Waals surface area contributed by atoms with Crippen LogP contribution in [0.15, 0.2) is 90.0 Å². The maximum Gasteiger partial charge on any atom is 0.264 e. The van der Waals surface area contributed by atoms with Gasteiger partial charge in [-0.2, -0.15) is 0 Å². The number of benzene rings is 3. The van der Waals surface area contributed by atoms with E-state index >= 15 is 0 Å². The van der Waals surface area contributed by atoms with Crippen LogP contribution >= 0.6 is 0 Å². The molecule has 6 nitrogen and oxygen atoms in total. The summed E-state index contributed by atoms with van der Waals surface area (Å²) in [5, 5.41) is 3.66. The van der Waals surface area contributed by atoms with E-state index in [1.54, 1.807) is 54.7 Å². The number of carbonyl (C=O) groups is 1. The maximum absolute atomic E-state index is 13.2. The summed E-state index contributed by atoms with van der Waals surface area (Å²) in [7, 11) is -3.97. The zero-order valence-corrected chi connectivity index (χ0v) is 18.6. The number of carbonyl (C=O) groups excluding carboxylic acids is 1. The van der Waals surface area contributed by atoms with Crippen molar-refractivity contribution in [3.8, 4) is 0 Å². The van der Waals surface area contributed by atoms with E-state index in [1.165, 1.54) is 6.07 Å². The van der Waals surface area contributed by atoms with Crippen molar-refractivity contribution in [1.29, 1.82) is 0 Å². The van der Waals surface area contributed by atoms with Crippen molar-refractivity contribution in [3.63, 3.8) is 0 Å². The average molecular weight is 446 g/mol. The predicted octanol–water partition coefficient (Wildman–Crippen LogP) is 4.84. The van der Waals surface area contributed by atoms with Gasteiger partial charge in [-0.15, -0.1) is 0 Å². The molecule has 3 aromatic carbocycles. The van der Waals surface area contributed by atoms with E-state index in [0.717, 1.165) is 11.1 Å². The van der Waals surface area contributed by atoms with Gasteiger partial charge >= 0.3 is 0 Å². The monoisotopic (exact) mass is 445 g/mol. The molecule has 162 valence electrons. The summed E-state index contributed by atoms with van der Waals surface area (Å²) in [4.78, 5) is 17.3. The number of nitrogens with one attached hydrogen (secondary N) is 2. The number of anilines is 1. The van der Waals surface area contributed by atoms with E-state index < -0.39 is 10.0 Å². The van der Waals surface area contributed by atoms with Gasteiger partial charge in [-0.1, -0.05) is 60.2 Å². The molecule has 0 saturated heterocycles. The second-order valence-electron chi connectivity index (χ2n) is 7.59. The first-order valence-corrected chi connectivity index (χ1v) is 11.7. The number of aryl methyl sites for hydroxylation is 1. The fourth-order valence-electron chi connectivity index (χ4n) is 3.48. The van der Waals surface area contributed by atoms with Crippen molar-refractivity contribution in [3.05, 3.63) is 102 Å². The van der Waals surface area contributed by atoms with Gasteiger partial charge in [-0.25, -0.2) is 8.42 Å². The first-order valence-electron chi connectivity index (χ1n) is 10.2. The summed E-state index contributed by atoms with van der Waals surface area (Å²) in [6, 6.07) is 22.7. The molecule has 0 saturated carbocycles. The number of para-hydroxylation sites is 2. The molecule has 2 N–H and O–H groups in total. The summed E-state index contributed by atoms with van der Waals surface area (Å²) in [5.41, 5.74) is 2.91. The zero-order valence-electron chi connectivity index (χ0n) is 17.7. The fourth-order valence-corrected chi connectivity index (χ4v) is 4.74. The Morgan fingerprint density at radius 1 is 0.906 bits per heavy atom. The Bertz CT molecular complexity index is 1380. The third-order valence-corrected chi connectivity index (χ3v) is 6.62. The smallest absolute Gasteiger partial charge is 0.264 e. The topological polar surface area (TPSA) is 88.2 Å². The minimum atomic E-state index is -3.97. The fraction of sp³-hybridized carbons (Fsp3) is 0.120. The number of rotatable bonds is 6. The molecule has 1 aromatic heterocycles. The second-order valence-corrected chi connectivity index (χ2v) is 9.24. The predicted molar refractivity (Wildman–Crippen MR) is 126 cm³/mol. The van der Waals surface area contributed by atoms with E-state index in [-0.39, 0.29) is 28.1 Å². The SMILES string of the molecule is Cc1ccc([C@H](C)NC(=O)c2ccccc2NS(=O)(=O)c2cccc3cccnc23)cc1. The third-order valence-electron chi connectivity index (χ3n) is 5.23. The average Bonchev–Trinajstić information content (AvgIpc) is 2.79. The van der Waals surface area contributed by atoms with Crippen LogP contribution in [0.2, 0.25) is 0 Å². The normalized spacial score (nSPS) is 12.3. The summed E-state index contributed by atoms with van der Waals surface area (Å²) >= 11 is 0. The van der Waals surface area contributed by atoms with Gasteiger partial charge in [0.25, 0.3) is 15.9 Å². The number of nitrogens with zero attached hydrogens (tertiary/aromatic N) is 1. The molecule has 1 heterocycles. The van der Waals surface area contributed by atoms with Gasteiger partial charge in [0.1, 0.15) is 4.90 Å². The molecule has 1 atom stereocenters. The molecule has 1 amide bonds. The Morgan fingerprint density at radius 2 is 1.62 bits per heavy atom. The number of aromatic nitrogens is 1. The van der Waals surface area contributed by atoms with Gasteiger partial charge in [0, 0.05) is 11.6 Å². The van der Waals surface area contributed by atoms with E-state index in [9.17, 15) is 13.2 Å². The number of hydrogen-bond acceptors (Lipinski definition) is 4. The van der Waals surface area contributed by atoms with Crippen LogP contribution in [0.3, 0.4) is 0 Å². The lowest BCUT2D eigenvalue weighted by Crippen LogP contribution is -2.28. The standard InChI is InChI=1S/C25H23N3O3S/c1-17-12-14-19(15-13-17)18(2)27-25(29)21-9-3-4-10-22(21)28-32(30,31)23-11-5-7-20-8-6-16-26-24(20)23/h3-16,18,28H,1-2H3,(H,27,29)/t18-/m0/s1. The number of pyridine rings is 1. The van der Waals surface area contributed by atoms with E-state index in [2.05, 4.69) is 15.0 Å². The highest BCUT2D eigenvalue weighted by Crippen LogP contribution is 2.25. The van der Waals surface area contributed by atoms with E-state index in [0.29, 0.717) is 10.9 Å². The lowest BCUT2D eigenvalue weighted by atomic mass is 10.1. The lowest BCUT2D eigenvalue weighted by Gasteiger charge is -2.17. The van der Waals surface area contributed by atoms with Gasteiger partial charge in [0.15, 0.2) is 0 Å². The van der Waals surface area contributed by atoms with Crippen LogP contribution in [-0.2, 0) is 10.0 Å². The molecule has 32 heavy (non-hydrogen) atoms. The Morgan fingerprint density at radius 3 is 2.41 bits per heavy atom. The summed E-state index contributed by atoms with van der Waals surface area (Å²) in [6.07, 6.45) is 1.55. The highest BCUT2D eigenvalue weighted by molar-refractivity contribution is 7.93. The van der Waals surface area contributed by atoms with Gasteiger partial charge in [-0.3, -0.25) is 14.5 Å². The van der Waals surface area contributed by atoms with Gasteiger partial charge in [0.05, 0.1) is 22.8 Å². The minimum Gasteiger partial charge on any atom is -0.345 e. The van der Waals surface area contributed by atoms with Crippen LogP contribution in [0, 0.1) is 6.92 Å². The van der Waals surface area contributed by atoms with E-state index in [1.807, 2.05) is 38.1 Å². The molecule has 7 heteroatoms. The van der Waals surface area contributed by atoms with Crippen molar-refractivity contribution in [2.45, 2.75) is 24.8 Å². The Balaban J connectivity index is 1.62. The highest BCUT2D eigenvalue weighted by Gasteiger charge is 2.22. The minimum absolute atomic E-state index is 0.0545. The molecule has 0 bridgehead atoms. The largest absolute Gasteiger partial charge is 0.345 e. The van der Waals surface area contributed by atoms with Crippen molar-refractivity contribution in [1.82, 2.24) is 10.3 Å². The van der Waals surface area contributed by atoms with Crippen molar-refractivity contribution < 1.29 is 13.2 Å². The third kappa shape index (κ3) is 4.48. The van der Waals surface area contributed by atoms with Crippen molar-refractivity contribution >= 4 is 32.5 Å². The molecule has 0 spiro atoms. The molecule has 0 aliphatic rings. The summed E-state index contributed by atoms with van der Waals surface area (Å²) < 4.78 is 28.9. The van der Waals surface area contributed by atoms with Gasteiger partial charge in [0.2, 0.25) is 0 Å². The number of hydrogen-bond donors (Lipinski definition) is 2. The van der Waals surface area contributed by atoms with Crippen molar-refractivity contribution in [2.75, 3.05) is 4.72 Å².